The molecule has 1 aromatic heterocycles. The molecule has 4 nitrogen and oxygen atoms in total. The molecule has 0 aliphatic heterocycles. The second-order valence-corrected chi connectivity index (χ2v) is 5.43. The number of H-pyrrole nitrogens is 1. The van der Waals surface area contributed by atoms with Crippen molar-refractivity contribution in [1.29, 1.82) is 0 Å². The summed E-state index contributed by atoms with van der Waals surface area (Å²) in [5, 5.41) is 11.0. The Labute approximate surface area is 128 Å². The van der Waals surface area contributed by atoms with E-state index >= 15 is 0 Å². The van der Waals surface area contributed by atoms with E-state index in [1.165, 1.54) is 0 Å². The molecule has 0 atom stereocenters. The Kier molecular flexibility index (Phi) is 3.46. The standard InChI is InChI=1S/C14H9BrClN3O/c15-10-5-2-4-9(12(10)16)14(20)18-11-6-1-3-8-7-17-19-13(8)11/h1-7H,(H,17,19)(H,18,20). The van der Waals surface area contributed by atoms with Gasteiger partial charge in [-0.25, -0.2) is 0 Å². The number of fused-ring (bicyclic) bond motifs is 1. The molecule has 0 saturated heterocycles. The first-order chi connectivity index (χ1) is 9.66. The Bertz CT molecular complexity index is 800. The minimum atomic E-state index is -0.265. The predicted molar refractivity (Wildman–Crippen MR) is 83.2 cm³/mol. The first-order valence-corrected chi connectivity index (χ1v) is 7.01. The second kappa shape index (κ2) is 5.26. The molecule has 20 heavy (non-hydrogen) atoms. The number of carbonyl (C=O) groups is 1. The summed E-state index contributed by atoms with van der Waals surface area (Å²) < 4.78 is 0.687. The number of hydrogen-bond acceptors (Lipinski definition) is 2. The van der Waals surface area contributed by atoms with Crippen molar-refractivity contribution >= 4 is 50.0 Å². The summed E-state index contributed by atoms with van der Waals surface area (Å²) in [6, 6.07) is 10.8. The van der Waals surface area contributed by atoms with Crippen molar-refractivity contribution in [1.82, 2.24) is 10.2 Å². The number of carbonyl (C=O) groups excluding carboxylic acids is 1. The zero-order chi connectivity index (χ0) is 14.1. The van der Waals surface area contributed by atoms with Crippen LogP contribution in [-0.4, -0.2) is 16.1 Å². The molecule has 6 heteroatoms. The Morgan fingerprint density at radius 1 is 1.25 bits per heavy atom. The number of nitrogens with zero attached hydrogens (tertiary/aromatic N) is 1. The summed E-state index contributed by atoms with van der Waals surface area (Å²) in [4.78, 5) is 12.3. The van der Waals surface area contributed by atoms with Gasteiger partial charge in [0.15, 0.2) is 0 Å². The number of aromatic nitrogens is 2. The zero-order valence-corrected chi connectivity index (χ0v) is 12.5. The highest BCUT2D eigenvalue weighted by Gasteiger charge is 2.14. The van der Waals surface area contributed by atoms with Crippen LogP contribution in [0.1, 0.15) is 10.4 Å². The fraction of sp³-hybridized carbons (Fsp3) is 0. The normalized spacial score (nSPS) is 10.7. The van der Waals surface area contributed by atoms with Crippen molar-refractivity contribution in [3.05, 3.63) is 57.7 Å². The van der Waals surface area contributed by atoms with Crippen LogP contribution in [-0.2, 0) is 0 Å². The maximum atomic E-state index is 12.3. The lowest BCUT2D eigenvalue weighted by atomic mass is 10.2. The van der Waals surface area contributed by atoms with Crippen LogP contribution in [0, 0.1) is 0 Å². The highest BCUT2D eigenvalue weighted by Crippen LogP contribution is 2.27. The smallest absolute Gasteiger partial charge is 0.257 e. The first-order valence-electron chi connectivity index (χ1n) is 5.84. The lowest BCUT2D eigenvalue weighted by Gasteiger charge is -2.08. The zero-order valence-electron chi connectivity index (χ0n) is 10.2. The summed E-state index contributed by atoms with van der Waals surface area (Å²) in [5.41, 5.74) is 1.87. The molecule has 0 spiro atoms. The minimum Gasteiger partial charge on any atom is -0.320 e. The first kappa shape index (κ1) is 13.1. The summed E-state index contributed by atoms with van der Waals surface area (Å²) in [5.74, 6) is -0.265. The van der Waals surface area contributed by atoms with E-state index in [1.54, 1.807) is 24.4 Å². The number of para-hydroxylation sites is 1. The average Bonchev–Trinajstić information content (AvgIpc) is 2.91. The van der Waals surface area contributed by atoms with Crippen molar-refractivity contribution in [2.75, 3.05) is 5.32 Å². The maximum absolute atomic E-state index is 12.3. The topological polar surface area (TPSA) is 57.8 Å². The van der Waals surface area contributed by atoms with Crippen LogP contribution >= 0.6 is 27.5 Å². The number of rotatable bonds is 2. The van der Waals surface area contributed by atoms with Gasteiger partial charge in [-0.1, -0.05) is 29.8 Å². The Balaban J connectivity index is 1.97. The summed E-state index contributed by atoms with van der Waals surface area (Å²) >= 11 is 9.43. The maximum Gasteiger partial charge on any atom is 0.257 e. The molecule has 2 aromatic carbocycles. The number of halogens is 2. The molecular formula is C14H9BrClN3O. The van der Waals surface area contributed by atoms with Gasteiger partial charge in [-0.2, -0.15) is 5.10 Å². The molecule has 3 aromatic rings. The Hall–Kier alpha value is -1.85. The fourth-order valence-corrected chi connectivity index (χ4v) is 2.52. The molecule has 1 amide bonds. The lowest BCUT2D eigenvalue weighted by Crippen LogP contribution is -2.12. The van der Waals surface area contributed by atoms with Crippen LogP contribution < -0.4 is 5.32 Å². The van der Waals surface area contributed by atoms with E-state index in [-0.39, 0.29) is 5.91 Å². The SMILES string of the molecule is O=C(Nc1cccc2cn[nH]c12)c1cccc(Br)c1Cl. The highest BCUT2D eigenvalue weighted by atomic mass is 79.9. The molecule has 0 unspecified atom stereocenters. The van der Waals surface area contributed by atoms with Crippen LogP contribution in [0.4, 0.5) is 5.69 Å². The highest BCUT2D eigenvalue weighted by molar-refractivity contribution is 9.10. The number of aromatic amines is 1. The molecular weight excluding hydrogens is 342 g/mol. The van der Waals surface area contributed by atoms with Crippen molar-refractivity contribution in [3.8, 4) is 0 Å². The van der Waals surface area contributed by atoms with Crippen LogP contribution in [0.2, 0.25) is 5.02 Å². The fourth-order valence-electron chi connectivity index (χ4n) is 1.94. The van der Waals surface area contributed by atoms with E-state index in [0.717, 1.165) is 10.9 Å². The van der Waals surface area contributed by atoms with Crippen LogP contribution in [0.25, 0.3) is 10.9 Å². The molecule has 3 rings (SSSR count). The predicted octanol–water partition coefficient (Wildman–Crippen LogP) is 4.23. The van der Waals surface area contributed by atoms with Gasteiger partial charge in [-0.3, -0.25) is 9.89 Å². The van der Waals surface area contributed by atoms with Crippen molar-refractivity contribution in [2.24, 2.45) is 0 Å². The Morgan fingerprint density at radius 3 is 2.90 bits per heavy atom. The molecule has 0 aliphatic carbocycles. The molecule has 100 valence electrons. The number of hydrogen-bond donors (Lipinski definition) is 2. The number of anilines is 1. The molecule has 0 radical (unpaired) electrons. The van der Waals surface area contributed by atoms with Gasteiger partial charge < -0.3 is 5.32 Å². The van der Waals surface area contributed by atoms with Crippen LogP contribution in [0.3, 0.4) is 0 Å². The van der Waals surface area contributed by atoms with Gasteiger partial charge in [0.1, 0.15) is 0 Å². The van der Waals surface area contributed by atoms with E-state index in [2.05, 4.69) is 31.4 Å². The molecule has 0 fully saturated rings. The molecule has 1 heterocycles. The number of nitrogens with one attached hydrogen (secondary N) is 2. The molecule has 0 saturated carbocycles. The van der Waals surface area contributed by atoms with Gasteiger partial charge >= 0.3 is 0 Å². The Morgan fingerprint density at radius 2 is 2.05 bits per heavy atom. The monoisotopic (exact) mass is 349 g/mol. The molecule has 0 bridgehead atoms. The van der Waals surface area contributed by atoms with Gasteiger partial charge in [0.2, 0.25) is 0 Å². The average molecular weight is 351 g/mol. The van der Waals surface area contributed by atoms with E-state index in [4.69, 9.17) is 11.6 Å². The summed E-state index contributed by atoms with van der Waals surface area (Å²) in [6.07, 6.45) is 1.71. The molecule has 0 aliphatic rings. The third kappa shape index (κ3) is 2.30. The quantitative estimate of drug-likeness (QED) is 0.726. The largest absolute Gasteiger partial charge is 0.320 e. The van der Waals surface area contributed by atoms with E-state index in [9.17, 15) is 4.79 Å². The number of benzene rings is 2. The second-order valence-electron chi connectivity index (χ2n) is 4.20. The van der Waals surface area contributed by atoms with Gasteiger partial charge in [-0.05, 0) is 34.1 Å². The van der Waals surface area contributed by atoms with Gasteiger partial charge in [-0.15, -0.1) is 0 Å². The summed E-state index contributed by atoms with van der Waals surface area (Å²) in [6.45, 7) is 0. The van der Waals surface area contributed by atoms with Gasteiger partial charge in [0.25, 0.3) is 5.91 Å². The third-order valence-corrected chi connectivity index (χ3v) is 4.22. The van der Waals surface area contributed by atoms with Gasteiger partial charge in [0, 0.05) is 9.86 Å². The van der Waals surface area contributed by atoms with Crippen LogP contribution in [0.5, 0.6) is 0 Å². The minimum absolute atomic E-state index is 0.265. The molecule has 2 N–H and O–H groups in total. The van der Waals surface area contributed by atoms with E-state index in [0.29, 0.717) is 20.7 Å². The van der Waals surface area contributed by atoms with E-state index < -0.39 is 0 Å². The van der Waals surface area contributed by atoms with Gasteiger partial charge in [0.05, 0.1) is 28.0 Å². The summed E-state index contributed by atoms with van der Waals surface area (Å²) in [7, 11) is 0. The number of amides is 1. The van der Waals surface area contributed by atoms with E-state index in [1.807, 2.05) is 18.2 Å². The third-order valence-electron chi connectivity index (χ3n) is 2.92. The van der Waals surface area contributed by atoms with Crippen molar-refractivity contribution < 1.29 is 4.79 Å². The van der Waals surface area contributed by atoms with Crippen molar-refractivity contribution in [2.45, 2.75) is 0 Å². The van der Waals surface area contributed by atoms with Crippen molar-refractivity contribution in [3.63, 3.8) is 0 Å². The lowest BCUT2D eigenvalue weighted by molar-refractivity contribution is 0.102. The van der Waals surface area contributed by atoms with Crippen LogP contribution in [0.15, 0.2) is 47.1 Å².